The van der Waals surface area contributed by atoms with E-state index in [4.69, 9.17) is 0 Å². The van der Waals surface area contributed by atoms with Gasteiger partial charge >= 0.3 is 0 Å². The zero-order chi connectivity index (χ0) is 15.1. The van der Waals surface area contributed by atoms with E-state index in [9.17, 15) is 9.18 Å². The van der Waals surface area contributed by atoms with Gasteiger partial charge in [0.15, 0.2) is 0 Å². The van der Waals surface area contributed by atoms with Gasteiger partial charge in [-0.25, -0.2) is 4.39 Å². The van der Waals surface area contributed by atoms with Crippen molar-refractivity contribution < 1.29 is 9.18 Å². The minimum atomic E-state index is -0.238. The number of hydrogen-bond acceptors (Lipinski definition) is 2. The molecule has 21 heavy (non-hydrogen) atoms. The van der Waals surface area contributed by atoms with Gasteiger partial charge in [0.25, 0.3) is 0 Å². The van der Waals surface area contributed by atoms with Crippen molar-refractivity contribution in [2.24, 2.45) is 0 Å². The highest BCUT2D eigenvalue weighted by molar-refractivity contribution is 7.99. The van der Waals surface area contributed by atoms with Crippen molar-refractivity contribution in [3.8, 4) is 0 Å². The molecule has 0 aliphatic heterocycles. The van der Waals surface area contributed by atoms with E-state index < -0.39 is 0 Å². The van der Waals surface area contributed by atoms with Crippen LogP contribution in [-0.4, -0.2) is 11.7 Å². The standard InChI is InChI=1S/C17H18FNOS/c1-13(15-5-3-2-4-6-15)19-17(20)12-21-11-14-7-9-16(18)10-8-14/h2-10,13H,11-12H2,1H3,(H,19,20)/t13-/m1/s1. The van der Waals surface area contributed by atoms with Gasteiger partial charge < -0.3 is 5.32 Å². The molecule has 0 spiro atoms. The molecule has 2 nitrogen and oxygen atoms in total. The van der Waals surface area contributed by atoms with Crippen LogP contribution in [0.5, 0.6) is 0 Å². The fraction of sp³-hybridized carbons (Fsp3) is 0.235. The predicted molar refractivity (Wildman–Crippen MR) is 85.6 cm³/mol. The molecule has 0 heterocycles. The molecule has 0 aliphatic carbocycles. The summed E-state index contributed by atoms with van der Waals surface area (Å²) in [5, 5.41) is 2.97. The molecule has 0 radical (unpaired) electrons. The molecule has 0 unspecified atom stereocenters. The maximum Gasteiger partial charge on any atom is 0.230 e. The largest absolute Gasteiger partial charge is 0.349 e. The first-order valence-electron chi connectivity index (χ1n) is 6.81. The SMILES string of the molecule is C[C@@H](NC(=O)CSCc1ccc(F)cc1)c1ccccc1. The van der Waals surface area contributed by atoms with Gasteiger partial charge in [-0.3, -0.25) is 4.79 Å². The molecule has 0 aliphatic rings. The van der Waals surface area contributed by atoms with Gasteiger partial charge in [0.1, 0.15) is 5.82 Å². The highest BCUT2D eigenvalue weighted by atomic mass is 32.2. The van der Waals surface area contributed by atoms with Gasteiger partial charge in [0.2, 0.25) is 5.91 Å². The number of nitrogens with one attached hydrogen (secondary N) is 1. The maximum absolute atomic E-state index is 12.8. The van der Waals surface area contributed by atoms with Crippen molar-refractivity contribution in [2.45, 2.75) is 18.7 Å². The average molecular weight is 303 g/mol. The average Bonchev–Trinajstić information content (AvgIpc) is 2.50. The van der Waals surface area contributed by atoms with E-state index in [-0.39, 0.29) is 17.8 Å². The number of rotatable bonds is 6. The summed E-state index contributed by atoms with van der Waals surface area (Å²) in [7, 11) is 0. The van der Waals surface area contributed by atoms with Crippen LogP contribution < -0.4 is 5.32 Å². The summed E-state index contributed by atoms with van der Waals surface area (Å²) >= 11 is 1.52. The van der Waals surface area contributed by atoms with Crippen LogP contribution in [0.1, 0.15) is 24.1 Å². The fourth-order valence-corrected chi connectivity index (χ4v) is 2.75. The smallest absolute Gasteiger partial charge is 0.230 e. The number of carbonyl (C=O) groups is 1. The molecule has 0 bridgehead atoms. The van der Waals surface area contributed by atoms with Crippen molar-refractivity contribution in [1.29, 1.82) is 0 Å². The Morgan fingerprint density at radius 3 is 2.48 bits per heavy atom. The second kappa shape index (κ2) is 7.84. The first-order chi connectivity index (χ1) is 10.1. The van der Waals surface area contributed by atoms with Crippen LogP contribution in [0.4, 0.5) is 4.39 Å². The second-order valence-corrected chi connectivity index (χ2v) is 5.80. The minimum absolute atomic E-state index is 0.00474. The van der Waals surface area contributed by atoms with Gasteiger partial charge in [0.05, 0.1) is 11.8 Å². The van der Waals surface area contributed by atoms with E-state index in [1.165, 1.54) is 23.9 Å². The molecule has 110 valence electrons. The maximum atomic E-state index is 12.8. The highest BCUT2D eigenvalue weighted by Gasteiger charge is 2.09. The van der Waals surface area contributed by atoms with Gasteiger partial charge in [-0.05, 0) is 30.2 Å². The van der Waals surface area contributed by atoms with Crippen LogP contribution in [-0.2, 0) is 10.5 Å². The number of benzene rings is 2. The first-order valence-corrected chi connectivity index (χ1v) is 7.97. The Morgan fingerprint density at radius 2 is 1.81 bits per heavy atom. The number of carbonyl (C=O) groups excluding carboxylic acids is 1. The lowest BCUT2D eigenvalue weighted by atomic mass is 10.1. The van der Waals surface area contributed by atoms with Crippen molar-refractivity contribution in [1.82, 2.24) is 5.32 Å². The Balaban J connectivity index is 1.73. The Morgan fingerprint density at radius 1 is 1.14 bits per heavy atom. The van der Waals surface area contributed by atoms with Crippen LogP contribution in [0.25, 0.3) is 0 Å². The highest BCUT2D eigenvalue weighted by Crippen LogP contribution is 2.14. The Bertz CT molecular complexity index is 571. The summed E-state index contributed by atoms with van der Waals surface area (Å²) in [5.74, 6) is 0.874. The lowest BCUT2D eigenvalue weighted by Gasteiger charge is -2.14. The molecule has 0 fully saturated rings. The summed E-state index contributed by atoms with van der Waals surface area (Å²) in [6, 6.07) is 16.2. The summed E-state index contributed by atoms with van der Waals surface area (Å²) in [4.78, 5) is 11.9. The summed E-state index contributed by atoms with van der Waals surface area (Å²) in [5.41, 5.74) is 2.11. The number of halogens is 1. The number of thioether (sulfide) groups is 1. The summed E-state index contributed by atoms with van der Waals surface area (Å²) in [6.07, 6.45) is 0. The molecule has 0 saturated heterocycles. The second-order valence-electron chi connectivity index (χ2n) is 4.82. The third-order valence-electron chi connectivity index (χ3n) is 3.09. The van der Waals surface area contributed by atoms with Gasteiger partial charge in [-0.2, -0.15) is 0 Å². The van der Waals surface area contributed by atoms with Crippen molar-refractivity contribution in [2.75, 3.05) is 5.75 Å². The molecule has 0 aromatic heterocycles. The van der Waals surface area contributed by atoms with Crippen LogP contribution in [0.15, 0.2) is 54.6 Å². The topological polar surface area (TPSA) is 29.1 Å². The van der Waals surface area contributed by atoms with E-state index in [0.29, 0.717) is 11.5 Å². The summed E-state index contributed by atoms with van der Waals surface area (Å²) < 4.78 is 12.8. The van der Waals surface area contributed by atoms with E-state index in [1.54, 1.807) is 12.1 Å². The number of amides is 1. The van der Waals surface area contributed by atoms with Gasteiger partial charge in [-0.1, -0.05) is 42.5 Å². The van der Waals surface area contributed by atoms with Gasteiger partial charge in [-0.15, -0.1) is 11.8 Å². The zero-order valence-corrected chi connectivity index (χ0v) is 12.7. The van der Waals surface area contributed by atoms with Crippen molar-refractivity contribution >= 4 is 17.7 Å². The number of hydrogen-bond donors (Lipinski definition) is 1. The normalized spacial score (nSPS) is 11.9. The van der Waals surface area contributed by atoms with E-state index in [2.05, 4.69) is 5.32 Å². The van der Waals surface area contributed by atoms with E-state index in [1.807, 2.05) is 37.3 Å². The third-order valence-corrected chi connectivity index (χ3v) is 4.10. The monoisotopic (exact) mass is 303 g/mol. The van der Waals surface area contributed by atoms with E-state index >= 15 is 0 Å². The minimum Gasteiger partial charge on any atom is -0.349 e. The molecule has 4 heteroatoms. The molecule has 1 N–H and O–H groups in total. The Kier molecular flexibility index (Phi) is 5.81. The quantitative estimate of drug-likeness (QED) is 0.876. The lowest BCUT2D eigenvalue weighted by Crippen LogP contribution is -2.28. The van der Waals surface area contributed by atoms with Crippen molar-refractivity contribution in [3.05, 3.63) is 71.5 Å². The molecule has 2 rings (SSSR count). The molecule has 2 aromatic rings. The lowest BCUT2D eigenvalue weighted by molar-refractivity contribution is -0.119. The molecular weight excluding hydrogens is 285 g/mol. The molecule has 1 amide bonds. The fourth-order valence-electron chi connectivity index (χ4n) is 1.95. The van der Waals surface area contributed by atoms with Crippen LogP contribution >= 0.6 is 11.8 Å². The van der Waals surface area contributed by atoms with Crippen LogP contribution in [0, 0.1) is 5.82 Å². The molecule has 2 aromatic carbocycles. The predicted octanol–water partition coefficient (Wildman–Crippen LogP) is 3.94. The Labute approximate surface area is 128 Å². The van der Waals surface area contributed by atoms with Crippen molar-refractivity contribution in [3.63, 3.8) is 0 Å². The third kappa shape index (κ3) is 5.23. The van der Waals surface area contributed by atoms with Crippen LogP contribution in [0.2, 0.25) is 0 Å². The van der Waals surface area contributed by atoms with Gasteiger partial charge in [0, 0.05) is 5.75 Å². The van der Waals surface area contributed by atoms with Crippen LogP contribution in [0.3, 0.4) is 0 Å². The van der Waals surface area contributed by atoms with E-state index in [0.717, 1.165) is 11.1 Å². The summed E-state index contributed by atoms with van der Waals surface area (Å²) in [6.45, 7) is 1.97. The Hall–Kier alpha value is -1.81. The first kappa shape index (κ1) is 15.6. The zero-order valence-electron chi connectivity index (χ0n) is 11.9. The molecule has 1 atom stereocenters. The molecular formula is C17H18FNOS. The molecule has 0 saturated carbocycles.